The summed E-state index contributed by atoms with van der Waals surface area (Å²) in [5.74, 6) is 5.67. The molecule has 2 rings (SSSR count). The summed E-state index contributed by atoms with van der Waals surface area (Å²) in [5, 5.41) is 8.75. The predicted molar refractivity (Wildman–Crippen MR) is 74.1 cm³/mol. The molecule has 1 aromatic heterocycles. The fourth-order valence-electron chi connectivity index (χ4n) is 2.07. The summed E-state index contributed by atoms with van der Waals surface area (Å²) in [5.41, 5.74) is 1.16. The second-order valence-electron chi connectivity index (χ2n) is 4.63. The van der Waals surface area contributed by atoms with E-state index in [-0.39, 0.29) is 18.6 Å². The minimum absolute atomic E-state index is 0.0114. The van der Waals surface area contributed by atoms with Crippen LogP contribution in [0.5, 0.6) is 0 Å². The zero-order chi connectivity index (χ0) is 14.4. The summed E-state index contributed by atoms with van der Waals surface area (Å²) in [6.07, 6.45) is 3.62. The SMILES string of the molecule is CC1CN(C(=O)c2ccncc2C#CCCO)CCO1. The van der Waals surface area contributed by atoms with Gasteiger partial charge in [0.05, 0.1) is 30.4 Å². The molecule has 1 unspecified atom stereocenters. The molecule has 5 heteroatoms. The van der Waals surface area contributed by atoms with E-state index < -0.39 is 0 Å². The average molecular weight is 274 g/mol. The molecule has 2 heterocycles. The zero-order valence-electron chi connectivity index (χ0n) is 11.5. The van der Waals surface area contributed by atoms with Gasteiger partial charge in [-0.05, 0) is 13.0 Å². The fraction of sp³-hybridized carbons (Fsp3) is 0.467. The maximum Gasteiger partial charge on any atom is 0.255 e. The molecule has 1 aliphatic rings. The van der Waals surface area contributed by atoms with Gasteiger partial charge in [0.25, 0.3) is 5.91 Å². The van der Waals surface area contributed by atoms with E-state index in [1.807, 2.05) is 6.92 Å². The molecule has 1 saturated heterocycles. The Hall–Kier alpha value is -1.90. The van der Waals surface area contributed by atoms with Crippen molar-refractivity contribution in [3.05, 3.63) is 29.6 Å². The molecule has 1 N–H and O–H groups in total. The highest BCUT2D eigenvalue weighted by Gasteiger charge is 2.23. The highest BCUT2D eigenvalue weighted by atomic mass is 16.5. The van der Waals surface area contributed by atoms with E-state index >= 15 is 0 Å². The first-order chi connectivity index (χ1) is 9.72. The van der Waals surface area contributed by atoms with Crippen LogP contribution in [-0.4, -0.2) is 53.3 Å². The summed E-state index contributed by atoms with van der Waals surface area (Å²) in [4.78, 5) is 18.3. The van der Waals surface area contributed by atoms with Crippen molar-refractivity contribution in [2.75, 3.05) is 26.3 Å². The molecule has 0 saturated carbocycles. The number of aromatic nitrogens is 1. The van der Waals surface area contributed by atoms with Crippen LogP contribution in [-0.2, 0) is 4.74 Å². The molecule has 0 bridgehead atoms. The Morgan fingerprint density at radius 1 is 1.65 bits per heavy atom. The third-order valence-corrected chi connectivity index (χ3v) is 3.04. The highest BCUT2D eigenvalue weighted by molar-refractivity contribution is 5.96. The van der Waals surface area contributed by atoms with Crippen molar-refractivity contribution in [3.63, 3.8) is 0 Å². The van der Waals surface area contributed by atoms with Crippen LogP contribution in [0.3, 0.4) is 0 Å². The second-order valence-corrected chi connectivity index (χ2v) is 4.63. The lowest BCUT2D eigenvalue weighted by molar-refractivity contribution is -0.0124. The number of hydrogen-bond acceptors (Lipinski definition) is 4. The van der Waals surface area contributed by atoms with Crippen molar-refractivity contribution in [1.29, 1.82) is 0 Å². The number of hydrogen-bond donors (Lipinski definition) is 1. The Balaban J connectivity index is 2.19. The van der Waals surface area contributed by atoms with Crippen molar-refractivity contribution in [2.24, 2.45) is 0 Å². The van der Waals surface area contributed by atoms with Crippen LogP contribution in [0.1, 0.15) is 29.3 Å². The highest BCUT2D eigenvalue weighted by Crippen LogP contribution is 2.13. The minimum atomic E-state index is -0.0455. The number of carbonyl (C=O) groups is 1. The average Bonchev–Trinajstić information content (AvgIpc) is 2.47. The quantitative estimate of drug-likeness (QED) is 0.805. The summed E-state index contributed by atoms with van der Waals surface area (Å²) >= 11 is 0. The molecule has 106 valence electrons. The van der Waals surface area contributed by atoms with Crippen LogP contribution in [0, 0.1) is 11.8 Å². The number of nitrogens with zero attached hydrogens (tertiary/aromatic N) is 2. The second kappa shape index (κ2) is 7.04. The van der Waals surface area contributed by atoms with E-state index in [9.17, 15) is 4.79 Å². The molecule has 0 aromatic carbocycles. The third-order valence-electron chi connectivity index (χ3n) is 3.04. The molecule has 1 aliphatic heterocycles. The largest absolute Gasteiger partial charge is 0.395 e. The van der Waals surface area contributed by atoms with Crippen molar-refractivity contribution >= 4 is 5.91 Å². The van der Waals surface area contributed by atoms with E-state index in [4.69, 9.17) is 9.84 Å². The molecule has 1 amide bonds. The van der Waals surface area contributed by atoms with Crippen LogP contribution >= 0.6 is 0 Å². The molecule has 0 aliphatic carbocycles. The van der Waals surface area contributed by atoms with Crippen molar-refractivity contribution in [1.82, 2.24) is 9.88 Å². The maximum absolute atomic E-state index is 12.5. The number of rotatable bonds is 2. The van der Waals surface area contributed by atoms with Crippen LogP contribution in [0.4, 0.5) is 0 Å². The minimum Gasteiger partial charge on any atom is -0.395 e. The molecular weight excluding hydrogens is 256 g/mol. The Kier molecular flexibility index (Phi) is 5.10. The summed E-state index contributed by atoms with van der Waals surface area (Å²) in [6, 6.07) is 1.69. The van der Waals surface area contributed by atoms with E-state index in [2.05, 4.69) is 16.8 Å². The molecule has 1 aromatic rings. The lowest BCUT2D eigenvalue weighted by atomic mass is 10.1. The van der Waals surface area contributed by atoms with Gasteiger partial charge in [-0.25, -0.2) is 0 Å². The maximum atomic E-state index is 12.5. The first-order valence-electron chi connectivity index (χ1n) is 6.67. The zero-order valence-corrected chi connectivity index (χ0v) is 11.5. The molecule has 0 radical (unpaired) electrons. The first-order valence-corrected chi connectivity index (χ1v) is 6.67. The number of morpholine rings is 1. The predicted octanol–water partition coefficient (Wildman–Crippen LogP) is 0.676. The van der Waals surface area contributed by atoms with Gasteiger partial charge in [0.1, 0.15) is 0 Å². The van der Waals surface area contributed by atoms with Crippen LogP contribution in [0.25, 0.3) is 0 Å². The first kappa shape index (κ1) is 14.5. The number of aliphatic hydroxyl groups is 1. The Morgan fingerprint density at radius 2 is 2.50 bits per heavy atom. The van der Waals surface area contributed by atoms with Gasteiger partial charge >= 0.3 is 0 Å². The topological polar surface area (TPSA) is 62.7 Å². The molecule has 20 heavy (non-hydrogen) atoms. The fourth-order valence-corrected chi connectivity index (χ4v) is 2.07. The third kappa shape index (κ3) is 3.56. The standard InChI is InChI=1S/C15H18N2O3/c1-12-11-17(7-9-20-12)15(19)14-5-6-16-10-13(14)4-2-3-8-18/h5-6,10,12,18H,3,7-9,11H2,1H3. The summed E-state index contributed by atoms with van der Waals surface area (Å²) in [6.45, 7) is 3.70. The van der Waals surface area contributed by atoms with Crippen molar-refractivity contribution < 1.29 is 14.6 Å². The number of aliphatic hydroxyl groups excluding tert-OH is 1. The van der Waals surface area contributed by atoms with Gasteiger partial charge in [0, 0.05) is 31.9 Å². The van der Waals surface area contributed by atoms with Crippen LogP contribution in [0.15, 0.2) is 18.5 Å². The number of carbonyl (C=O) groups excluding carboxylic acids is 1. The molecular formula is C15H18N2O3. The molecule has 1 atom stereocenters. The van der Waals surface area contributed by atoms with Crippen LogP contribution < -0.4 is 0 Å². The van der Waals surface area contributed by atoms with Gasteiger partial charge in [-0.1, -0.05) is 11.8 Å². The lowest BCUT2D eigenvalue weighted by Crippen LogP contribution is -2.44. The van der Waals surface area contributed by atoms with Gasteiger partial charge in [0.2, 0.25) is 0 Å². The van der Waals surface area contributed by atoms with E-state index in [1.165, 1.54) is 0 Å². The van der Waals surface area contributed by atoms with Gasteiger partial charge < -0.3 is 14.7 Å². The van der Waals surface area contributed by atoms with Crippen molar-refractivity contribution in [2.45, 2.75) is 19.4 Å². The van der Waals surface area contributed by atoms with Gasteiger partial charge in [-0.15, -0.1) is 0 Å². The van der Waals surface area contributed by atoms with Gasteiger partial charge in [0.15, 0.2) is 0 Å². The Morgan fingerprint density at radius 3 is 3.25 bits per heavy atom. The van der Waals surface area contributed by atoms with Gasteiger partial charge in [-0.2, -0.15) is 0 Å². The monoisotopic (exact) mass is 274 g/mol. The van der Waals surface area contributed by atoms with Crippen molar-refractivity contribution in [3.8, 4) is 11.8 Å². The normalized spacial score (nSPS) is 18.3. The molecule has 0 spiro atoms. The number of pyridine rings is 1. The Bertz CT molecular complexity index is 533. The summed E-state index contributed by atoms with van der Waals surface area (Å²) in [7, 11) is 0. The summed E-state index contributed by atoms with van der Waals surface area (Å²) < 4.78 is 5.44. The van der Waals surface area contributed by atoms with Gasteiger partial charge in [-0.3, -0.25) is 9.78 Å². The smallest absolute Gasteiger partial charge is 0.255 e. The molecule has 1 fully saturated rings. The number of ether oxygens (including phenoxy) is 1. The molecule has 5 nitrogen and oxygen atoms in total. The van der Waals surface area contributed by atoms with E-state index in [0.29, 0.717) is 37.2 Å². The number of amides is 1. The lowest BCUT2D eigenvalue weighted by Gasteiger charge is -2.31. The van der Waals surface area contributed by atoms with E-state index in [0.717, 1.165) is 0 Å². The Labute approximate surface area is 118 Å². The van der Waals surface area contributed by atoms with E-state index in [1.54, 1.807) is 23.4 Å². The van der Waals surface area contributed by atoms with Crippen LogP contribution in [0.2, 0.25) is 0 Å².